The second kappa shape index (κ2) is 6.02. The summed E-state index contributed by atoms with van der Waals surface area (Å²) >= 11 is 1.70. The van der Waals surface area contributed by atoms with Crippen molar-refractivity contribution in [2.24, 2.45) is 0 Å². The van der Waals surface area contributed by atoms with Crippen LogP contribution in [0.4, 0.5) is 5.82 Å². The van der Waals surface area contributed by atoms with Gasteiger partial charge in [-0.25, -0.2) is 9.97 Å². The Morgan fingerprint density at radius 2 is 2.00 bits per heavy atom. The quantitative estimate of drug-likeness (QED) is 0.797. The van der Waals surface area contributed by atoms with Crippen LogP contribution >= 0.6 is 11.3 Å². The van der Waals surface area contributed by atoms with Gasteiger partial charge in [0.2, 0.25) is 0 Å². The average Bonchev–Trinajstić information content (AvgIpc) is 2.95. The first-order valence-electron chi connectivity index (χ1n) is 8.12. The summed E-state index contributed by atoms with van der Waals surface area (Å²) in [6, 6.07) is 3.26. The number of hydrogen-bond acceptors (Lipinski definition) is 6. The Hall–Kier alpha value is -1.79. The maximum atomic E-state index is 4.52. The fourth-order valence-corrected chi connectivity index (χ4v) is 4.50. The first-order chi connectivity index (χ1) is 11.2. The van der Waals surface area contributed by atoms with E-state index in [9.17, 15) is 0 Å². The van der Waals surface area contributed by atoms with Crippen molar-refractivity contribution in [3.63, 3.8) is 0 Å². The molecule has 0 radical (unpaired) electrons. The van der Waals surface area contributed by atoms with Crippen LogP contribution in [-0.2, 0) is 0 Å². The minimum atomic E-state index is 0.496. The van der Waals surface area contributed by atoms with Crippen LogP contribution < -0.4 is 5.32 Å². The van der Waals surface area contributed by atoms with E-state index in [4.69, 9.17) is 0 Å². The van der Waals surface area contributed by atoms with E-state index in [1.54, 1.807) is 17.7 Å². The molecule has 3 aromatic heterocycles. The first-order valence-corrected chi connectivity index (χ1v) is 8.94. The van der Waals surface area contributed by atoms with Gasteiger partial charge in [-0.15, -0.1) is 11.3 Å². The third-order valence-corrected chi connectivity index (χ3v) is 5.92. The molecule has 1 N–H and O–H groups in total. The van der Waals surface area contributed by atoms with E-state index in [-0.39, 0.29) is 0 Å². The minimum Gasteiger partial charge on any atom is -0.367 e. The molecule has 0 unspecified atom stereocenters. The summed E-state index contributed by atoms with van der Waals surface area (Å²) in [6.07, 6.45) is 10.3. The highest BCUT2D eigenvalue weighted by Gasteiger charge is 2.23. The van der Waals surface area contributed by atoms with Crippen molar-refractivity contribution in [3.8, 4) is 0 Å². The van der Waals surface area contributed by atoms with E-state index in [1.165, 1.54) is 30.4 Å². The Balaban J connectivity index is 1.62. The SMILES string of the molecule is CN(C)C1CCC(Nc2ncnc3sc4ccncc4c23)CC1. The van der Waals surface area contributed by atoms with Crippen LogP contribution in [0, 0.1) is 0 Å². The van der Waals surface area contributed by atoms with Crippen molar-refractivity contribution >= 4 is 37.5 Å². The number of nitrogens with zero attached hydrogens (tertiary/aromatic N) is 4. The highest BCUT2D eigenvalue weighted by molar-refractivity contribution is 7.25. The Morgan fingerprint density at radius 1 is 1.17 bits per heavy atom. The number of nitrogens with one attached hydrogen (secondary N) is 1. The Bertz CT molecular complexity index is 820. The second-order valence-corrected chi connectivity index (χ2v) is 7.52. The number of fused-ring (bicyclic) bond motifs is 3. The summed E-state index contributed by atoms with van der Waals surface area (Å²) < 4.78 is 1.22. The smallest absolute Gasteiger partial charge is 0.139 e. The average molecular weight is 327 g/mol. The number of anilines is 1. The van der Waals surface area contributed by atoms with Crippen LogP contribution in [0.3, 0.4) is 0 Å². The molecule has 0 aliphatic heterocycles. The lowest BCUT2D eigenvalue weighted by Crippen LogP contribution is -2.36. The number of thiophene rings is 1. The predicted octanol–water partition coefficient (Wildman–Crippen LogP) is 3.52. The molecule has 0 saturated heterocycles. The van der Waals surface area contributed by atoms with Crippen molar-refractivity contribution in [2.45, 2.75) is 37.8 Å². The number of hydrogen-bond donors (Lipinski definition) is 1. The van der Waals surface area contributed by atoms with E-state index in [2.05, 4.69) is 39.3 Å². The largest absolute Gasteiger partial charge is 0.367 e. The van der Waals surface area contributed by atoms with Crippen molar-refractivity contribution in [2.75, 3.05) is 19.4 Å². The van der Waals surface area contributed by atoms with Crippen LogP contribution in [0.2, 0.25) is 0 Å². The zero-order valence-electron chi connectivity index (χ0n) is 13.5. The van der Waals surface area contributed by atoms with E-state index in [0.717, 1.165) is 21.4 Å². The summed E-state index contributed by atoms with van der Waals surface area (Å²) in [7, 11) is 4.35. The molecule has 5 nitrogen and oxygen atoms in total. The van der Waals surface area contributed by atoms with Gasteiger partial charge in [-0.2, -0.15) is 0 Å². The van der Waals surface area contributed by atoms with E-state index in [1.807, 2.05) is 18.5 Å². The first kappa shape index (κ1) is 14.8. The summed E-state index contributed by atoms with van der Waals surface area (Å²) in [4.78, 5) is 16.6. The van der Waals surface area contributed by atoms with Crippen molar-refractivity contribution in [3.05, 3.63) is 24.8 Å². The van der Waals surface area contributed by atoms with Gasteiger partial charge in [0.25, 0.3) is 0 Å². The lowest BCUT2D eigenvalue weighted by Gasteiger charge is -2.33. The molecule has 1 aliphatic rings. The molecular weight excluding hydrogens is 306 g/mol. The van der Waals surface area contributed by atoms with Gasteiger partial charge < -0.3 is 10.2 Å². The molecule has 23 heavy (non-hydrogen) atoms. The summed E-state index contributed by atoms with van der Waals surface area (Å²) in [5.41, 5.74) is 0. The van der Waals surface area contributed by atoms with Crippen molar-refractivity contribution in [1.29, 1.82) is 0 Å². The van der Waals surface area contributed by atoms with Gasteiger partial charge in [0.15, 0.2) is 0 Å². The molecule has 0 spiro atoms. The molecule has 1 saturated carbocycles. The maximum Gasteiger partial charge on any atom is 0.139 e. The number of rotatable bonds is 3. The monoisotopic (exact) mass is 327 g/mol. The van der Waals surface area contributed by atoms with Crippen LogP contribution in [0.5, 0.6) is 0 Å². The molecule has 3 heterocycles. The Morgan fingerprint density at radius 3 is 2.78 bits per heavy atom. The molecule has 6 heteroatoms. The zero-order chi connectivity index (χ0) is 15.8. The van der Waals surface area contributed by atoms with E-state index in [0.29, 0.717) is 12.1 Å². The molecule has 120 valence electrons. The molecule has 3 aromatic rings. The molecule has 0 bridgehead atoms. The molecule has 0 amide bonds. The van der Waals surface area contributed by atoms with Crippen molar-refractivity contribution in [1.82, 2.24) is 19.9 Å². The Kier molecular flexibility index (Phi) is 3.87. The van der Waals surface area contributed by atoms with Crippen LogP contribution in [0.25, 0.3) is 20.3 Å². The van der Waals surface area contributed by atoms with Crippen LogP contribution in [0.15, 0.2) is 24.8 Å². The lowest BCUT2D eigenvalue weighted by atomic mass is 9.90. The molecule has 1 fully saturated rings. The fourth-order valence-electron chi connectivity index (χ4n) is 3.49. The predicted molar refractivity (Wildman–Crippen MR) is 96.1 cm³/mol. The van der Waals surface area contributed by atoms with Crippen LogP contribution in [0.1, 0.15) is 25.7 Å². The van der Waals surface area contributed by atoms with Gasteiger partial charge in [0, 0.05) is 34.6 Å². The molecule has 0 aromatic carbocycles. The third-order valence-electron chi connectivity index (χ3n) is 4.84. The molecule has 4 rings (SSSR count). The summed E-state index contributed by atoms with van der Waals surface area (Å²) in [6.45, 7) is 0. The highest BCUT2D eigenvalue weighted by atomic mass is 32.1. The normalized spacial score (nSPS) is 22.0. The van der Waals surface area contributed by atoms with E-state index < -0.39 is 0 Å². The van der Waals surface area contributed by atoms with Gasteiger partial charge in [-0.1, -0.05) is 0 Å². The number of aromatic nitrogens is 3. The van der Waals surface area contributed by atoms with E-state index >= 15 is 0 Å². The second-order valence-electron chi connectivity index (χ2n) is 6.49. The van der Waals surface area contributed by atoms with Crippen molar-refractivity contribution < 1.29 is 0 Å². The zero-order valence-corrected chi connectivity index (χ0v) is 14.3. The Labute approximate surface area is 139 Å². The number of pyridine rings is 1. The third kappa shape index (κ3) is 2.77. The maximum absolute atomic E-state index is 4.52. The van der Waals surface area contributed by atoms with Gasteiger partial charge in [-0.3, -0.25) is 4.98 Å². The van der Waals surface area contributed by atoms with Gasteiger partial charge in [0.05, 0.1) is 5.39 Å². The highest BCUT2D eigenvalue weighted by Crippen LogP contribution is 2.36. The van der Waals surface area contributed by atoms with Crippen LogP contribution in [-0.4, -0.2) is 46.0 Å². The summed E-state index contributed by atoms with van der Waals surface area (Å²) in [5, 5.41) is 5.94. The molecule has 1 aliphatic carbocycles. The van der Waals surface area contributed by atoms with Gasteiger partial charge in [-0.05, 0) is 45.8 Å². The van der Waals surface area contributed by atoms with Gasteiger partial charge in [0.1, 0.15) is 17.0 Å². The summed E-state index contributed by atoms with van der Waals surface area (Å²) in [5.74, 6) is 0.961. The lowest BCUT2D eigenvalue weighted by molar-refractivity contribution is 0.221. The minimum absolute atomic E-state index is 0.496. The molecule has 0 atom stereocenters. The topological polar surface area (TPSA) is 53.9 Å². The van der Waals surface area contributed by atoms with Gasteiger partial charge >= 0.3 is 0 Å². The molecular formula is C17H21N5S. The fraction of sp³-hybridized carbons (Fsp3) is 0.471. The standard InChI is InChI=1S/C17H21N5S/c1-22(2)12-5-3-11(4-6-12)21-16-15-13-9-18-8-7-14(13)23-17(15)20-10-19-16/h7-12H,3-6H2,1-2H3,(H,19,20,21).